The number of hydrazone groups is 1. The molecule has 0 amide bonds. The van der Waals surface area contributed by atoms with Gasteiger partial charge in [-0.3, -0.25) is 5.43 Å². The Kier molecular flexibility index (Phi) is 4.12. The van der Waals surface area contributed by atoms with Crippen LogP contribution in [-0.4, -0.2) is 18.4 Å². The van der Waals surface area contributed by atoms with Gasteiger partial charge in [-0.1, -0.05) is 0 Å². The molecule has 86 valence electrons. The normalized spacial score (nSPS) is 10.4. The average Bonchev–Trinajstić information content (AvgIpc) is 2.20. The molecule has 0 unspecified atom stereocenters. The van der Waals surface area contributed by atoms with Gasteiger partial charge in [-0.25, -0.2) is 8.78 Å². The number of halogens is 2. The van der Waals surface area contributed by atoms with E-state index in [2.05, 4.69) is 22.7 Å². The predicted molar refractivity (Wildman–Crippen MR) is 60.4 cm³/mol. The van der Waals surface area contributed by atoms with Crippen molar-refractivity contribution in [2.24, 2.45) is 10.8 Å². The van der Waals surface area contributed by atoms with Crippen LogP contribution in [0.4, 0.5) is 8.78 Å². The molecule has 7 heteroatoms. The molecule has 0 radical (unpaired) electrons. The van der Waals surface area contributed by atoms with Crippen LogP contribution in [0.1, 0.15) is 5.56 Å². The zero-order chi connectivity index (χ0) is 12.1. The molecule has 0 saturated carbocycles. The van der Waals surface area contributed by atoms with Crippen LogP contribution in [0.2, 0.25) is 0 Å². The number of rotatable bonds is 3. The molecule has 0 aliphatic rings. The Morgan fingerprint density at radius 3 is 2.81 bits per heavy atom. The summed E-state index contributed by atoms with van der Waals surface area (Å²) in [6, 6.07) is 1.77. The first-order valence-electron chi connectivity index (χ1n) is 4.16. The van der Waals surface area contributed by atoms with Gasteiger partial charge in [0.1, 0.15) is 17.4 Å². The molecule has 1 aromatic rings. The van der Waals surface area contributed by atoms with E-state index >= 15 is 0 Å². The van der Waals surface area contributed by atoms with Gasteiger partial charge in [-0.2, -0.15) is 5.10 Å². The first kappa shape index (κ1) is 12.3. The van der Waals surface area contributed by atoms with E-state index in [0.717, 1.165) is 18.3 Å². The molecule has 3 N–H and O–H groups in total. The summed E-state index contributed by atoms with van der Waals surface area (Å²) in [7, 11) is 1.30. The first-order valence-corrected chi connectivity index (χ1v) is 4.57. The number of methoxy groups -OCH3 is 1. The number of nitrogens with one attached hydrogen (secondary N) is 1. The first-order chi connectivity index (χ1) is 7.54. The minimum absolute atomic E-state index is 0.00708. The molecule has 0 aliphatic carbocycles. The fourth-order valence-corrected chi connectivity index (χ4v) is 1.07. The van der Waals surface area contributed by atoms with Crippen molar-refractivity contribution in [3.8, 4) is 5.75 Å². The molecule has 0 aromatic heterocycles. The second kappa shape index (κ2) is 5.36. The Morgan fingerprint density at radius 1 is 1.56 bits per heavy atom. The molecule has 0 spiro atoms. The van der Waals surface area contributed by atoms with Crippen molar-refractivity contribution in [2.45, 2.75) is 0 Å². The Morgan fingerprint density at radius 2 is 2.25 bits per heavy atom. The zero-order valence-electron chi connectivity index (χ0n) is 8.33. The highest BCUT2D eigenvalue weighted by Crippen LogP contribution is 2.21. The van der Waals surface area contributed by atoms with E-state index in [1.807, 2.05) is 0 Å². The van der Waals surface area contributed by atoms with E-state index < -0.39 is 11.6 Å². The largest absolute Gasteiger partial charge is 0.496 e. The molecule has 0 aliphatic heterocycles. The number of thiocarbonyl (C=S) groups is 1. The maximum atomic E-state index is 13.3. The molecule has 0 atom stereocenters. The monoisotopic (exact) mass is 245 g/mol. The lowest BCUT2D eigenvalue weighted by molar-refractivity contribution is 0.406. The summed E-state index contributed by atoms with van der Waals surface area (Å²) in [4.78, 5) is 0. The van der Waals surface area contributed by atoms with Gasteiger partial charge in [0.2, 0.25) is 0 Å². The second-order valence-corrected chi connectivity index (χ2v) is 3.18. The number of nitrogens with two attached hydrogens (primary N) is 1. The molecule has 0 heterocycles. The van der Waals surface area contributed by atoms with Crippen LogP contribution >= 0.6 is 12.2 Å². The van der Waals surface area contributed by atoms with Crippen molar-refractivity contribution in [1.82, 2.24) is 5.43 Å². The van der Waals surface area contributed by atoms with Crippen LogP contribution < -0.4 is 15.9 Å². The molecule has 0 saturated heterocycles. The van der Waals surface area contributed by atoms with Crippen molar-refractivity contribution >= 4 is 23.5 Å². The van der Waals surface area contributed by atoms with E-state index in [4.69, 9.17) is 10.5 Å². The van der Waals surface area contributed by atoms with Crippen molar-refractivity contribution in [3.05, 3.63) is 29.3 Å². The van der Waals surface area contributed by atoms with Crippen LogP contribution in [0, 0.1) is 11.6 Å². The fourth-order valence-electron chi connectivity index (χ4n) is 1.02. The summed E-state index contributed by atoms with van der Waals surface area (Å²) in [5.41, 5.74) is 7.37. The summed E-state index contributed by atoms with van der Waals surface area (Å²) in [5, 5.41) is 3.50. The number of hydrogen-bond acceptors (Lipinski definition) is 3. The standard InChI is InChI=1S/C9H9F2N3OS/c1-15-8-3-5(10)2-7(11)6(8)4-13-14-9(12)16/h2-4H,1H3,(H3,12,14,16). The summed E-state index contributed by atoms with van der Waals surface area (Å²) < 4.78 is 30.9. The molecule has 0 bridgehead atoms. The number of nitrogens with zero attached hydrogens (tertiary/aromatic N) is 1. The number of hydrogen-bond donors (Lipinski definition) is 2. The van der Waals surface area contributed by atoms with E-state index in [-0.39, 0.29) is 16.4 Å². The number of ether oxygens (including phenoxy) is 1. The molecule has 4 nitrogen and oxygen atoms in total. The Balaban J connectivity index is 3.02. The summed E-state index contributed by atoms with van der Waals surface area (Å²) in [5.74, 6) is -1.48. The summed E-state index contributed by atoms with van der Waals surface area (Å²) >= 11 is 4.49. The van der Waals surface area contributed by atoms with Gasteiger partial charge in [0.25, 0.3) is 0 Å². The van der Waals surface area contributed by atoms with Crippen molar-refractivity contribution in [3.63, 3.8) is 0 Å². The van der Waals surface area contributed by atoms with Crippen molar-refractivity contribution < 1.29 is 13.5 Å². The highest BCUT2D eigenvalue weighted by Gasteiger charge is 2.09. The third kappa shape index (κ3) is 3.13. The van der Waals surface area contributed by atoms with Crippen LogP contribution in [0.25, 0.3) is 0 Å². The van der Waals surface area contributed by atoms with Gasteiger partial charge in [-0.05, 0) is 12.2 Å². The second-order valence-electron chi connectivity index (χ2n) is 2.74. The van der Waals surface area contributed by atoms with Gasteiger partial charge in [0.15, 0.2) is 5.11 Å². The molecule has 1 aromatic carbocycles. The van der Waals surface area contributed by atoms with E-state index in [1.165, 1.54) is 7.11 Å². The Hall–Kier alpha value is -1.76. The maximum Gasteiger partial charge on any atom is 0.184 e. The van der Waals surface area contributed by atoms with Crippen molar-refractivity contribution in [1.29, 1.82) is 0 Å². The fraction of sp³-hybridized carbons (Fsp3) is 0.111. The lowest BCUT2D eigenvalue weighted by Gasteiger charge is -2.05. The van der Waals surface area contributed by atoms with Gasteiger partial charge in [0, 0.05) is 12.1 Å². The molecule has 16 heavy (non-hydrogen) atoms. The Labute approximate surface area is 96.1 Å². The smallest absolute Gasteiger partial charge is 0.184 e. The highest BCUT2D eigenvalue weighted by atomic mass is 32.1. The molecular formula is C9H9F2N3OS. The Bertz CT molecular complexity index is 437. The predicted octanol–water partition coefficient (Wildman–Crippen LogP) is 1.14. The third-order valence-electron chi connectivity index (χ3n) is 1.64. The maximum absolute atomic E-state index is 13.3. The summed E-state index contributed by atoms with van der Waals surface area (Å²) in [6.07, 6.45) is 1.10. The van der Waals surface area contributed by atoms with Crippen LogP contribution in [0.15, 0.2) is 17.2 Å². The van der Waals surface area contributed by atoms with E-state index in [0.29, 0.717) is 0 Å². The zero-order valence-corrected chi connectivity index (χ0v) is 9.15. The quantitative estimate of drug-likeness (QED) is 0.476. The van der Waals surface area contributed by atoms with Gasteiger partial charge >= 0.3 is 0 Å². The lowest BCUT2D eigenvalue weighted by Crippen LogP contribution is -2.24. The highest BCUT2D eigenvalue weighted by molar-refractivity contribution is 7.80. The average molecular weight is 245 g/mol. The molecule has 1 rings (SSSR count). The van der Waals surface area contributed by atoms with E-state index in [1.54, 1.807) is 0 Å². The summed E-state index contributed by atoms with van der Waals surface area (Å²) in [6.45, 7) is 0. The van der Waals surface area contributed by atoms with Crippen LogP contribution in [0.3, 0.4) is 0 Å². The third-order valence-corrected chi connectivity index (χ3v) is 1.74. The van der Waals surface area contributed by atoms with Crippen LogP contribution in [-0.2, 0) is 0 Å². The molecule has 0 fully saturated rings. The van der Waals surface area contributed by atoms with Gasteiger partial charge in [0.05, 0.1) is 18.9 Å². The molecular weight excluding hydrogens is 236 g/mol. The van der Waals surface area contributed by atoms with Gasteiger partial charge in [-0.15, -0.1) is 0 Å². The minimum Gasteiger partial charge on any atom is -0.496 e. The SMILES string of the molecule is COc1cc(F)cc(F)c1C=NNC(N)=S. The lowest BCUT2D eigenvalue weighted by atomic mass is 10.2. The van der Waals surface area contributed by atoms with Gasteiger partial charge < -0.3 is 10.5 Å². The number of benzene rings is 1. The van der Waals surface area contributed by atoms with E-state index in [9.17, 15) is 8.78 Å². The minimum atomic E-state index is -0.787. The topological polar surface area (TPSA) is 59.6 Å². The van der Waals surface area contributed by atoms with Crippen LogP contribution in [0.5, 0.6) is 5.75 Å². The van der Waals surface area contributed by atoms with Crippen molar-refractivity contribution in [2.75, 3.05) is 7.11 Å².